The van der Waals surface area contributed by atoms with Gasteiger partial charge in [-0.25, -0.2) is 14.3 Å². The molecule has 0 atom stereocenters. The average Bonchev–Trinajstić information content (AvgIpc) is 3.40. The third-order valence-corrected chi connectivity index (χ3v) is 5.23. The SMILES string of the molecule is O=C(Nc1ncn(Cc2c(Cl)cccc2Cl)n1)c1ccn(COc2ccccc2Cl)n1. The monoisotopic (exact) mass is 476 g/mol. The first-order valence-electron chi connectivity index (χ1n) is 9.04. The van der Waals surface area contributed by atoms with E-state index in [-0.39, 0.29) is 18.4 Å². The van der Waals surface area contributed by atoms with Gasteiger partial charge in [0.1, 0.15) is 12.1 Å². The summed E-state index contributed by atoms with van der Waals surface area (Å²) in [4.78, 5) is 16.5. The molecule has 4 rings (SSSR count). The fourth-order valence-electron chi connectivity index (χ4n) is 2.69. The zero-order chi connectivity index (χ0) is 21.8. The van der Waals surface area contributed by atoms with Crippen LogP contribution < -0.4 is 10.1 Å². The topological polar surface area (TPSA) is 86.9 Å². The second kappa shape index (κ2) is 9.38. The molecule has 1 amide bonds. The van der Waals surface area contributed by atoms with Crippen LogP contribution in [-0.2, 0) is 13.3 Å². The first-order chi connectivity index (χ1) is 15.0. The molecule has 2 aromatic carbocycles. The maximum Gasteiger partial charge on any atom is 0.278 e. The molecule has 2 aromatic heterocycles. The minimum Gasteiger partial charge on any atom is -0.470 e. The number of rotatable bonds is 7. The van der Waals surface area contributed by atoms with Crippen LogP contribution >= 0.6 is 34.8 Å². The van der Waals surface area contributed by atoms with Crippen molar-refractivity contribution < 1.29 is 9.53 Å². The van der Waals surface area contributed by atoms with Gasteiger partial charge in [-0.15, -0.1) is 5.10 Å². The molecule has 158 valence electrons. The molecule has 0 aliphatic rings. The van der Waals surface area contributed by atoms with E-state index >= 15 is 0 Å². The standard InChI is InChI=1S/C20H15Cl3N6O2/c21-14-5-3-6-15(22)13(14)10-29-11-24-20(27-29)25-19(30)17-8-9-28(26-17)12-31-18-7-2-1-4-16(18)23/h1-9,11H,10,12H2,(H,25,27,30). The molecule has 0 spiro atoms. The van der Waals surface area contributed by atoms with Crippen molar-refractivity contribution in [3.05, 3.63) is 87.4 Å². The number of carbonyl (C=O) groups excluding carboxylic acids is 1. The number of hydrogen-bond acceptors (Lipinski definition) is 5. The van der Waals surface area contributed by atoms with Gasteiger partial charge in [-0.05, 0) is 30.3 Å². The molecule has 0 unspecified atom stereocenters. The summed E-state index contributed by atoms with van der Waals surface area (Å²) in [6.45, 7) is 0.415. The molecule has 0 fully saturated rings. The Morgan fingerprint density at radius 2 is 1.68 bits per heavy atom. The number of amides is 1. The van der Waals surface area contributed by atoms with E-state index in [1.807, 2.05) is 12.1 Å². The molecule has 1 N–H and O–H groups in total. The predicted molar refractivity (Wildman–Crippen MR) is 118 cm³/mol. The van der Waals surface area contributed by atoms with E-state index in [2.05, 4.69) is 20.5 Å². The molecular weight excluding hydrogens is 463 g/mol. The maximum absolute atomic E-state index is 12.5. The van der Waals surface area contributed by atoms with Gasteiger partial charge in [0.05, 0.1) is 11.6 Å². The molecule has 0 saturated heterocycles. The molecule has 0 aliphatic carbocycles. The molecule has 8 nitrogen and oxygen atoms in total. The number of nitrogens with zero attached hydrogens (tertiary/aromatic N) is 5. The van der Waals surface area contributed by atoms with Gasteiger partial charge in [-0.1, -0.05) is 53.0 Å². The predicted octanol–water partition coefficient (Wildman–Crippen LogP) is 4.77. The van der Waals surface area contributed by atoms with Crippen LogP contribution in [0.5, 0.6) is 5.75 Å². The minimum absolute atomic E-state index is 0.0997. The van der Waals surface area contributed by atoms with E-state index in [0.717, 1.165) is 0 Å². The second-order valence-electron chi connectivity index (χ2n) is 6.36. The molecule has 0 saturated carbocycles. The quantitative estimate of drug-likeness (QED) is 0.414. The molecule has 0 radical (unpaired) electrons. The van der Waals surface area contributed by atoms with Gasteiger partial charge < -0.3 is 4.74 Å². The van der Waals surface area contributed by atoms with Crippen LogP contribution in [0.1, 0.15) is 16.1 Å². The number of benzene rings is 2. The molecule has 0 bridgehead atoms. The van der Waals surface area contributed by atoms with Crippen molar-refractivity contribution in [3.63, 3.8) is 0 Å². The van der Waals surface area contributed by atoms with E-state index in [4.69, 9.17) is 39.5 Å². The Hall–Kier alpha value is -3.07. The smallest absolute Gasteiger partial charge is 0.278 e. The number of anilines is 1. The Labute approximate surface area is 192 Å². The lowest BCUT2D eigenvalue weighted by Gasteiger charge is -2.07. The highest BCUT2D eigenvalue weighted by Gasteiger charge is 2.14. The van der Waals surface area contributed by atoms with Gasteiger partial charge in [0.25, 0.3) is 5.91 Å². The van der Waals surface area contributed by atoms with Gasteiger partial charge >= 0.3 is 0 Å². The van der Waals surface area contributed by atoms with Crippen LogP contribution in [0.3, 0.4) is 0 Å². The van der Waals surface area contributed by atoms with Crippen LogP contribution in [-0.4, -0.2) is 30.5 Å². The summed E-state index contributed by atoms with van der Waals surface area (Å²) >= 11 is 18.4. The van der Waals surface area contributed by atoms with Gasteiger partial charge in [0, 0.05) is 21.8 Å². The highest BCUT2D eigenvalue weighted by Crippen LogP contribution is 2.25. The summed E-state index contributed by atoms with van der Waals surface area (Å²) in [5.74, 6) is 0.207. The number of aromatic nitrogens is 5. The number of hydrogen-bond donors (Lipinski definition) is 1. The lowest BCUT2D eigenvalue weighted by molar-refractivity contribution is 0.101. The summed E-state index contributed by atoms with van der Waals surface area (Å²) in [7, 11) is 0. The summed E-state index contributed by atoms with van der Waals surface area (Å²) in [6, 6.07) is 13.9. The van der Waals surface area contributed by atoms with E-state index in [0.29, 0.717) is 32.9 Å². The first-order valence-corrected chi connectivity index (χ1v) is 10.2. The molecular formula is C20H15Cl3N6O2. The first kappa shape index (κ1) is 21.2. The van der Waals surface area contributed by atoms with Crippen molar-refractivity contribution >= 4 is 46.7 Å². The van der Waals surface area contributed by atoms with Crippen LogP contribution in [0.25, 0.3) is 0 Å². The lowest BCUT2D eigenvalue weighted by atomic mass is 10.2. The van der Waals surface area contributed by atoms with Crippen molar-refractivity contribution in [1.82, 2.24) is 24.5 Å². The zero-order valence-corrected chi connectivity index (χ0v) is 18.1. The lowest BCUT2D eigenvalue weighted by Crippen LogP contribution is -2.15. The fraction of sp³-hybridized carbons (Fsp3) is 0.100. The minimum atomic E-state index is -0.454. The maximum atomic E-state index is 12.5. The van der Waals surface area contributed by atoms with Crippen molar-refractivity contribution in [3.8, 4) is 5.75 Å². The van der Waals surface area contributed by atoms with E-state index < -0.39 is 5.91 Å². The van der Waals surface area contributed by atoms with Crippen molar-refractivity contribution in [2.45, 2.75) is 13.3 Å². The third-order valence-electron chi connectivity index (χ3n) is 4.21. The fourth-order valence-corrected chi connectivity index (χ4v) is 3.40. The molecule has 31 heavy (non-hydrogen) atoms. The Morgan fingerprint density at radius 3 is 2.45 bits per heavy atom. The summed E-state index contributed by atoms with van der Waals surface area (Å²) in [5.41, 5.74) is 0.902. The average molecular weight is 478 g/mol. The Kier molecular flexibility index (Phi) is 6.41. The second-order valence-corrected chi connectivity index (χ2v) is 7.59. The summed E-state index contributed by atoms with van der Waals surface area (Å²) < 4.78 is 8.60. The number of ether oxygens (including phenoxy) is 1. The number of para-hydroxylation sites is 1. The number of nitrogens with one attached hydrogen (secondary N) is 1. The molecule has 4 aromatic rings. The van der Waals surface area contributed by atoms with Gasteiger partial charge in [0.15, 0.2) is 12.4 Å². The van der Waals surface area contributed by atoms with Crippen LogP contribution in [0, 0.1) is 0 Å². The Balaban J connectivity index is 1.36. The molecule has 11 heteroatoms. The van der Waals surface area contributed by atoms with Crippen molar-refractivity contribution in [2.24, 2.45) is 0 Å². The van der Waals surface area contributed by atoms with Gasteiger partial charge in [-0.2, -0.15) is 5.10 Å². The van der Waals surface area contributed by atoms with Crippen LogP contribution in [0.4, 0.5) is 5.95 Å². The summed E-state index contributed by atoms with van der Waals surface area (Å²) in [6.07, 6.45) is 3.10. The number of halogens is 3. The Bertz CT molecular complexity index is 1200. The van der Waals surface area contributed by atoms with Gasteiger partial charge in [0.2, 0.25) is 5.95 Å². The van der Waals surface area contributed by atoms with E-state index in [1.165, 1.54) is 15.7 Å². The largest absolute Gasteiger partial charge is 0.470 e. The van der Waals surface area contributed by atoms with Crippen molar-refractivity contribution in [1.29, 1.82) is 0 Å². The van der Waals surface area contributed by atoms with Crippen molar-refractivity contribution in [2.75, 3.05) is 5.32 Å². The number of carbonyl (C=O) groups is 1. The summed E-state index contributed by atoms with van der Waals surface area (Å²) in [5, 5.41) is 12.6. The van der Waals surface area contributed by atoms with Crippen LogP contribution in [0.15, 0.2) is 61.1 Å². The van der Waals surface area contributed by atoms with E-state index in [1.54, 1.807) is 42.6 Å². The highest BCUT2D eigenvalue weighted by molar-refractivity contribution is 6.36. The van der Waals surface area contributed by atoms with Crippen LogP contribution in [0.2, 0.25) is 15.1 Å². The van der Waals surface area contributed by atoms with Gasteiger partial charge in [-0.3, -0.25) is 10.1 Å². The normalized spacial score (nSPS) is 10.8. The Morgan fingerprint density at radius 1 is 0.935 bits per heavy atom. The molecule has 2 heterocycles. The third kappa shape index (κ3) is 5.16. The van der Waals surface area contributed by atoms with E-state index in [9.17, 15) is 4.79 Å². The highest BCUT2D eigenvalue weighted by atomic mass is 35.5. The zero-order valence-electron chi connectivity index (χ0n) is 15.9. The molecule has 0 aliphatic heterocycles.